The van der Waals surface area contributed by atoms with Gasteiger partial charge in [0, 0.05) is 25.2 Å². The summed E-state index contributed by atoms with van der Waals surface area (Å²) in [6.45, 7) is 2.96. The second kappa shape index (κ2) is 9.85. The molecule has 0 unspecified atom stereocenters. The summed E-state index contributed by atoms with van der Waals surface area (Å²) in [4.78, 5) is 20.5. The molecule has 0 aliphatic rings. The van der Waals surface area contributed by atoms with Crippen molar-refractivity contribution in [2.24, 2.45) is 0 Å². The van der Waals surface area contributed by atoms with E-state index >= 15 is 0 Å². The maximum absolute atomic E-state index is 12.6. The molecule has 1 N–H and O–H groups in total. The van der Waals surface area contributed by atoms with Crippen LogP contribution in [0.4, 0.5) is 11.6 Å². The Morgan fingerprint density at radius 1 is 0.943 bits per heavy atom. The first kappa shape index (κ1) is 24.4. The highest BCUT2D eigenvalue weighted by Gasteiger charge is 2.23. The molecular weight excluding hydrogens is 484 g/mol. The molecule has 35 heavy (non-hydrogen) atoms. The second-order valence-electron chi connectivity index (χ2n) is 7.93. The number of nitrogens with zero attached hydrogens (tertiary/aromatic N) is 3. The van der Waals surface area contributed by atoms with Gasteiger partial charge in [-0.25, -0.2) is 22.7 Å². The number of halogens is 1. The van der Waals surface area contributed by atoms with E-state index in [1.54, 1.807) is 13.0 Å². The number of aryl methyl sites for hydroxylation is 1. The molecule has 0 fully saturated rings. The van der Waals surface area contributed by atoms with Crippen LogP contribution in [0.15, 0.2) is 83.9 Å². The van der Waals surface area contributed by atoms with Gasteiger partial charge in [0.1, 0.15) is 0 Å². The molecule has 0 aliphatic carbocycles. The van der Waals surface area contributed by atoms with E-state index in [4.69, 9.17) is 11.6 Å². The first-order valence-electron chi connectivity index (χ1n) is 10.7. The van der Waals surface area contributed by atoms with Crippen molar-refractivity contribution in [3.8, 4) is 22.4 Å². The molecule has 9 heteroatoms. The largest absolute Gasteiger partial charge is 0.324 e. The minimum atomic E-state index is -3.92. The summed E-state index contributed by atoms with van der Waals surface area (Å²) in [5, 5.41) is 3.54. The van der Waals surface area contributed by atoms with Crippen molar-refractivity contribution in [2.75, 3.05) is 12.4 Å². The number of hydrogen-bond donors (Lipinski definition) is 1. The first-order chi connectivity index (χ1) is 16.7. The van der Waals surface area contributed by atoms with Gasteiger partial charge in [0.2, 0.25) is 11.9 Å². The molecule has 0 radical (unpaired) electrons. The van der Waals surface area contributed by atoms with Gasteiger partial charge in [-0.1, -0.05) is 60.1 Å². The van der Waals surface area contributed by atoms with Crippen molar-refractivity contribution in [1.29, 1.82) is 0 Å². The number of amides is 1. The first-order valence-corrected chi connectivity index (χ1v) is 12.5. The van der Waals surface area contributed by atoms with Crippen molar-refractivity contribution in [3.63, 3.8) is 0 Å². The Kier molecular flexibility index (Phi) is 6.86. The van der Waals surface area contributed by atoms with E-state index in [1.807, 2.05) is 54.6 Å². The summed E-state index contributed by atoms with van der Waals surface area (Å²) < 4.78 is 25.9. The molecule has 4 aromatic rings. The standard InChI is InChI=1S/C26H23ClN4O3S/c1-17-14-22(35(33,34)31(3)18(2)32)12-13-24(17)29-26-28-16-23(27)25(30-26)21-11-7-10-20(15-21)19-8-5-4-6-9-19/h4-16H,1-3H3,(H,28,29,30). The van der Waals surface area contributed by atoms with Gasteiger partial charge in [-0.3, -0.25) is 4.79 Å². The van der Waals surface area contributed by atoms with Crippen LogP contribution in [0.2, 0.25) is 5.02 Å². The fraction of sp³-hybridized carbons (Fsp3) is 0.115. The molecule has 1 aromatic heterocycles. The molecule has 4 rings (SSSR count). The second-order valence-corrected chi connectivity index (χ2v) is 10.3. The highest BCUT2D eigenvalue weighted by molar-refractivity contribution is 7.89. The normalized spacial score (nSPS) is 11.2. The van der Waals surface area contributed by atoms with Gasteiger partial charge >= 0.3 is 0 Å². The van der Waals surface area contributed by atoms with Crippen LogP contribution in [-0.4, -0.2) is 35.6 Å². The zero-order valence-corrected chi connectivity index (χ0v) is 20.9. The highest BCUT2D eigenvalue weighted by Crippen LogP contribution is 2.31. The Morgan fingerprint density at radius 2 is 1.63 bits per heavy atom. The number of sulfonamides is 1. The maximum Gasteiger partial charge on any atom is 0.266 e. The highest BCUT2D eigenvalue weighted by atomic mass is 35.5. The van der Waals surface area contributed by atoms with Gasteiger partial charge in [0.25, 0.3) is 10.0 Å². The number of hydrogen-bond acceptors (Lipinski definition) is 6. The van der Waals surface area contributed by atoms with Crippen LogP contribution < -0.4 is 5.32 Å². The molecular formula is C26H23ClN4O3S. The van der Waals surface area contributed by atoms with Gasteiger partial charge in [-0.2, -0.15) is 0 Å². The van der Waals surface area contributed by atoms with Gasteiger partial charge in [0.05, 0.1) is 21.8 Å². The Morgan fingerprint density at radius 3 is 2.31 bits per heavy atom. The van der Waals surface area contributed by atoms with E-state index in [1.165, 1.54) is 32.3 Å². The predicted octanol–water partition coefficient (Wildman–Crippen LogP) is 5.68. The Balaban J connectivity index is 1.64. The average molecular weight is 507 g/mol. The van der Waals surface area contributed by atoms with Crippen molar-refractivity contribution in [1.82, 2.24) is 14.3 Å². The summed E-state index contributed by atoms with van der Waals surface area (Å²) in [7, 11) is -2.69. The lowest BCUT2D eigenvalue weighted by Crippen LogP contribution is -2.31. The molecule has 0 aliphatic heterocycles. The zero-order valence-electron chi connectivity index (χ0n) is 19.4. The van der Waals surface area contributed by atoms with Gasteiger partial charge < -0.3 is 5.32 Å². The van der Waals surface area contributed by atoms with Crippen LogP contribution in [0.3, 0.4) is 0 Å². The minimum Gasteiger partial charge on any atom is -0.324 e. The lowest BCUT2D eigenvalue weighted by atomic mass is 10.0. The number of aromatic nitrogens is 2. The number of carbonyl (C=O) groups is 1. The molecule has 1 amide bonds. The number of anilines is 2. The monoisotopic (exact) mass is 506 g/mol. The molecule has 0 bridgehead atoms. The van der Waals surface area contributed by atoms with E-state index in [9.17, 15) is 13.2 Å². The molecule has 7 nitrogen and oxygen atoms in total. The molecule has 3 aromatic carbocycles. The Hall–Kier alpha value is -3.75. The number of carbonyl (C=O) groups excluding carboxylic acids is 1. The van der Waals surface area contributed by atoms with Crippen LogP contribution in [0.25, 0.3) is 22.4 Å². The van der Waals surface area contributed by atoms with Crippen molar-refractivity contribution in [2.45, 2.75) is 18.7 Å². The fourth-order valence-electron chi connectivity index (χ4n) is 3.49. The fourth-order valence-corrected chi connectivity index (χ4v) is 4.91. The lowest BCUT2D eigenvalue weighted by molar-refractivity contribution is -0.123. The van der Waals surface area contributed by atoms with E-state index in [2.05, 4.69) is 15.3 Å². The van der Waals surface area contributed by atoms with E-state index in [-0.39, 0.29) is 4.90 Å². The van der Waals surface area contributed by atoms with Crippen LogP contribution in [0.5, 0.6) is 0 Å². The van der Waals surface area contributed by atoms with Crippen molar-refractivity contribution < 1.29 is 13.2 Å². The Bertz CT molecular complexity index is 1510. The van der Waals surface area contributed by atoms with Crippen LogP contribution in [0, 0.1) is 6.92 Å². The van der Waals surface area contributed by atoms with Crippen LogP contribution in [-0.2, 0) is 14.8 Å². The SMILES string of the molecule is CC(=O)N(C)S(=O)(=O)c1ccc(Nc2ncc(Cl)c(-c3cccc(-c4ccccc4)c3)n2)c(C)c1. The molecule has 1 heterocycles. The third-order valence-corrected chi connectivity index (χ3v) is 7.64. The third kappa shape index (κ3) is 5.18. The topological polar surface area (TPSA) is 92.3 Å². The lowest BCUT2D eigenvalue weighted by Gasteiger charge is -2.17. The Labute approximate surface area is 209 Å². The molecule has 178 valence electrons. The van der Waals surface area contributed by atoms with Crippen LogP contribution >= 0.6 is 11.6 Å². The molecule has 0 saturated carbocycles. The quantitative estimate of drug-likeness (QED) is 0.361. The van der Waals surface area contributed by atoms with Crippen LogP contribution in [0.1, 0.15) is 12.5 Å². The third-order valence-electron chi connectivity index (χ3n) is 5.53. The maximum atomic E-state index is 12.6. The number of rotatable bonds is 6. The van der Waals surface area contributed by atoms with E-state index < -0.39 is 15.9 Å². The summed E-state index contributed by atoms with van der Waals surface area (Å²) in [5.41, 5.74) is 4.80. The summed E-state index contributed by atoms with van der Waals surface area (Å²) in [6.07, 6.45) is 1.53. The summed E-state index contributed by atoms with van der Waals surface area (Å²) in [6, 6.07) is 22.5. The summed E-state index contributed by atoms with van der Waals surface area (Å²) >= 11 is 6.44. The molecule has 0 saturated heterocycles. The molecule has 0 spiro atoms. The zero-order chi connectivity index (χ0) is 25.2. The van der Waals surface area contributed by atoms with E-state index in [0.29, 0.717) is 32.2 Å². The average Bonchev–Trinajstić information content (AvgIpc) is 2.86. The number of nitrogens with one attached hydrogen (secondary N) is 1. The predicted molar refractivity (Wildman–Crippen MR) is 138 cm³/mol. The van der Waals surface area contributed by atoms with Gasteiger partial charge in [-0.05, 0) is 47.9 Å². The smallest absolute Gasteiger partial charge is 0.266 e. The summed E-state index contributed by atoms with van der Waals surface area (Å²) in [5.74, 6) is -0.252. The minimum absolute atomic E-state index is 0.0219. The van der Waals surface area contributed by atoms with Gasteiger partial charge in [-0.15, -0.1) is 0 Å². The van der Waals surface area contributed by atoms with Crippen molar-refractivity contribution in [3.05, 3.63) is 89.6 Å². The molecule has 0 atom stereocenters. The van der Waals surface area contributed by atoms with E-state index in [0.717, 1.165) is 16.7 Å². The van der Waals surface area contributed by atoms with Gasteiger partial charge in [0.15, 0.2) is 0 Å². The van der Waals surface area contributed by atoms with Crippen molar-refractivity contribution >= 4 is 39.2 Å². The number of benzene rings is 3.